The SMILES string of the molecule is COC(C)(OC)C(O)(OC)OC.[CH3-].[Zr]. The Balaban J connectivity index is -0.000000605. The fourth-order valence-corrected chi connectivity index (χ4v) is 0.795. The molecule has 0 spiro atoms. The molecule has 5 nitrogen and oxygen atoms in total. The Morgan fingerprint density at radius 2 is 1.14 bits per heavy atom. The molecule has 0 aliphatic heterocycles. The van der Waals surface area contributed by atoms with Crippen LogP contribution in [0.25, 0.3) is 0 Å². The molecule has 14 heavy (non-hydrogen) atoms. The van der Waals surface area contributed by atoms with Crippen molar-refractivity contribution in [2.75, 3.05) is 28.4 Å². The Labute approximate surface area is 105 Å². The number of aliphatic hydroxyl groups is 1. The molecule has 0 atom stereocenters. The molecule has 0 aromatic rings. The van der Waals surface area contributed by atoms with Gasteiger partial charge in [0.25, 0.3) is 0 Å². The average molecular weight is 286 g/mol. The minimum atomic E-state index is -1.91. The summed E-state index contributed by atoms with van der Waals surface area (Å²) in [5.74, 6) is -3.26. The Hall–Kier alpha value is 0.683. The normalized spacial score (nSPS) is 11.6. The van der Waals surface area contributed by atoms with Crippen LogP contribution in [0, 0.1) is 7.43 Å². The molecule has 0 heterocycles. The van der Waals surface area contributed by atoms with Crippen molar-refractivity contribution >= 4 is 0 Å². The molecular weight excluding hydrogens is 267 g/mol. The van der Waals surface area contributed by atoms with Crippen molar-refractivity contribution in [3.8, 4) is 0 Å². The maximum absolute atomic E-state index is 9.65. The van der Waals surface area contributed by atoms with E-state index >= 15 is 0 Å². The molecule has 0 aliphatic carbocycles. The molecule has 1 N–H and O–H groups in total. The average Bonchev–Trinajstić information content (AvgIpc) is 2.15. The third kappa shape index (κ3) is 3.68. The second-order valence-electron chi connectivity index (χ2n) is 2.34. The van der Waals surface area contributed by atoms with Gasteiger partial charge in [-0.25, -0.2) is 0 Å². The quantitative estimate of drug-likeness (QED) is 0.585. The van der Waals surface area contributed by atoms with Gasteiger partial charge in [0.05, 0.1) is 0 Å². The van der Waals surface area contributed by atoms with Crippen molar-refractivity contribution in [3.05, 3.63) is 7.43 Å². The Kier molecular flexibility index (Phi) is 11.4. The fraction of sp³-hybridized carbons (Fsp3) is 0.875. The van der Waals surface area contributed by atoms with E-state index in [1.54, 1.807) is 0 Å². The largest absolute Gasteiger partial charge is 0.358 e. The molecule has 86 valence electrons. The van der Waals surface area contributed by atoms with Gasteiger partial charge < -0.3 is 31.5 Å². The van der Waals surface area contributed by atoms with Crippen LogP contribution in [0.15, 0.2) is 0 Å². The molecule has 0 bridgehead atoms. The van der Waals surface area contributed by atoms with Crippen LogP contribution in [-0.4, -0.2) is 45.3 Å². The molecule has 0 aliphatic rings. The molecule has 0 saturated heterocycles. The number of hydrogen-bond donors (Lipinski definition) is 1. The zero-order chi connectivity index (χ0) is 9.83. The smallest absolute Gasteiger partial charge is 0.337 e. The monoisotopic (exact) mass is 285 g/mol. The summed E-state index contributed by atoms with van der Waals surface area (Å²) in [7, 11) is 5.35. The van der Waals surface area contributed by atoms with Crippen molar-refractivity contribution < 1.29 is 50.3 Å². The van der Waals surface area contributed by atoms with Crippen LogP contribution in [0.3, 0.4) is 0 Å². The first-order valence-corrected chi connectivity index (χ1v) is 3.42. The summed E-state index contributed by atoms with van der Waals surface area (Å²) in [5.41, 5.74) is 0. The van der Waals surface area contributed by atoms with E-state index in [1.807, 2.05) is 0 Å². The predicted octanol–water partition coefficient (Wildman–Crippen LogP) is 0.382. The second kappa shape index (κ2) is 7.91. The van der Waals surface area contributed by atoms with Gasteiger partial charge in [0.1, 0.15) is 0 Å². The van der Waals surface area contributed by atoms with Crippen LogP contribution in [0.2, 0.25) is 0 Å². The number of hydrogen-bond acceptors (Lipinski definition) is 5. The zero-order valence-corrected chi connectivity index (χ0v) is 12.0. The maximum atomic E-state index is 9.65. The van der Waals surface area contributed by atoms with Gasteiger partial charge in [0.2, 0.25) is 5.79 Å². The van der Waals surface area contributed by atoms with E-state index in [0.29, 0.717) is 0 Å². The van der Waals surface area contributed by atoms with E-state index < -0.39 is 11.8 Å². The zero-order valence-electron chi connectivity index (χ0n) is 9.58. The minimum absolute atomic E-state index is 0. The van der Waals surface area contributed by atoms with Crippen LogP contribution in [0.5, 0.6) is 0 Å². The Morgan fingerprint density at radius 3 is 1.21 bits per heavy atom. The van der Waals surface area contributed by atoms with Crippen LogP contribution >= 0.6 is 0 Å². The van der Waals surface area contributed by atoms with Gasteiger partial charge >= 0.3 is 5.97 Å². The van der Waals surface area contributed by atoms with E-state index in [1.165, 1.54) is 35.4 Å². The molecule has 0 unspecified atom stereocenters. The van der Waals surface area contributed by atoms with E-state index in [2.05, 4.69) is 0 Å². The number of ether oxygens (including phenoxy) is 4. The van der Waals surface area contributed by atoms with E-state index in [4.69, 9.17) is 18.9 Å². The first kappa shape index (κ1) is 20.1. The molecule has 0 amide bonds. The fourth-order valence-electron chi connectivity index (χ4n) is 0.795. The van der Waals surface area contributed by atoms with Crippen molar-refractivity contribution in [3.63, 3.8) is 0 Å². The van der Waals surface area contributed by atoms with E-state index in [-0.39, 0.29) is 33.6 Å². The second-order valence-corrected chi connectivity index (χ2v) is 2.34. The van der Waals surface area contributed by atoms with Crippen molar-refractivity contribution in [2.24, 2.45) is 0 Å². The molecule has 0 saturated carbocycles. The molecule has 0 radical (unpaired) electrons. The standard InChI is InChI=1S/C7H16O5.CH3.Zr/c1-6(9-2,10-3)7(8,11-4)12-5;;/h8H,1-5H3;1H3;/q;-1;. The molecule has 0 fully saturated rings. The topological polar surface area (TPSA) is 57.2 Å². The molecular formula is C8H19O5Zr-. The summed E-state index contributed by atoms with van der Waals surface area (Å²) < 4.78 is 19.3. The summed E-state index contributed by atoms with van der Waals surface area (Å²) in [4.78, 5) is 0. The number of rotatable bonds is 5. The molecule has 0 aromatic carbocycles. The van der Waals surface area contributed by atoms with Crippen molar-refractivity contribution in [1.82, 2.24) is 0 Å². The van der Waals surface area contributed by atoms with Gasteiger partial charge in [-0.2, -0.15) is 0 Å². The summed E-state index contributed by atoms with van der Waals surface area (Å²) in [5, 5.41) is 9.65. The van der Waals surface area contributed by atoms with Gasteiger partial charge in [-0.15, -0.1) is 0 Å². The van der Waals surface area contributed by atoms with E-state index in [9.17, 15) is 5.11 Å². The van der Waals surface area contributed by atoms with E-state index in [0.717, 1.165) is 0 Å². The summed E-state index contributed by atoms with van der Waals surface area (Å²) in [6, 6.07) is 0. The third-order valence-corrected chi connectivity index (χ3v) is 1.91. The van der Waals surface area contributed by atoms with Crippen molar-refractivity contribution in [1.29, 1.82) is 0 Å². The van der Waals surface area contributed by atoms with Crippen LogP contribution in [0.1, 0.15) is 6.92 Å². The first-order valence-electron chi connectivity index (χ1n) is 3.42. The van der Waals surface area contributed by atoms with Gasteiger partial charge in [0, 0.05) is 54.6 Å². The predicted molar refractivity (Wildman–Crippen MR) is 47.8 cm³/mol. The van der Waals surface area contributed by atoms with Crippen LogP contribution < -0.4 is 0 Å². The molecule has 0 aromatic heterocycles. The minimum Gasteiger partial charge on any atom is -0.358 e. The third-order valence-electron chi connectivity index (χ3n) is 1.91. The van der Waals surface area contributed by atoms with Crippen molar-refractivity contribution in [2.45, 2.75) is 18.7 Å². The summed E-state index contributed by atoms with van der Waals surface area (Å²) in [6.45, 7) is 1.50. The van der Waals surface area contributed by atoms with Crippen LogP contribution in [0.4, 0.5) is 0 Å². The van der Waals surface area contributed by atoms with Gasteiger partial charge in [-0.05, 0) is 6.92 Å². The molecule has 6 heteroatoms. The molecule has 0 rings (SSSR count). The maximum Gasteiger partial charge on any atom is 0.337 e. The Morgan fingerprint density at radius 1 is 0.857 bits per heavy atom. The summed E-state index contributed by atoms with van der Waals surface area (Å²) in [6.07, 6.45) is 0. The summed E-state index contributed by atoms with van der Waals surface area (Å²) >= 11 is 0. The first-order chi connectivity index (χ1) is 5.49. The van der Waals surface area contributed by atoms with Gasteiger partial charge in [0.15, 0.2) is 0 Å². The number of methoxy groups -OCH3 is 4. The van der Waals surface area contributed by atoms with Gasteiger partial charge in [-0.1, -0.05) is 0 Å². The van der Waals surface area contributed by atoms with Crippen LogP contribution in [-0.2, 0) is 45.2 Å². The Bertz CT molecular complexity index is 118. The van der Waals surface area contributed by atoms with Gasteiger partial charge in [-0.3, -0.25) is 0 Å².